The SMILES string of the molecule is CCCCN1CCC(NC(=NCc2ccccc2-n2nc(C)cc2C)NCC)CC1.I. The first-order valence-corrected chi connectivity index (χ1v) is 11.5. The molecular weight excluding hydrogens is 499 g/mol. The van der Waals surface area contributed by atoms with Crippen LogP contribution in [0.25, 0.3) is 5.69 Å². The van der Waals surface area contributed by atoms with E-state index in [1.54, 1.807) is 0 Å². The third-order valence-electron chi connectivity index (χ3n) is 5.74. The van der Waals surface area contributed by atoms with Gasteiger partial charge in [0.2, 0.25) is 0 Å². The molecule has 1 aromatic heterocycles. The highest BCUT2D eigenvalue weighted by Gasteiger charge is 2.19. The van der Waals surface area contributed by atoms with E-state index in [4.69, 9.17) is 4.99 Å². The van der Waals surface area contributed by atoms with E-state index in [9.17, 15) is 0 Å². The van der Waals surface area contributed by atoms with E-state index >= 15 is 0 Å². The summed E-state index contributed by atoms with van der Waals surface area (Å²) >= 11 is 0. The second-order valence-electron chi connectivity index (χ2n) is 8.28. The van der Waals surface area contributed by atoms with Gasteiger partial charge in [0.05, 0.1) is 17.9 Å². The molecule has 1 aromatic carbocycles. The van der Waals surface area contributed by atoms with Gasteiger partial charge in [-0.1, -0.05) is 31.5 Å². The maximum atomic E-state index is 4.91. The summed E-state index contributed by atoms with van der Waals surface area (Å²) in [5.74, 6) is 0.910. The van der Waals surface area contributed by atoms with Crippen molar-refractivity contribution < 1.29 is 0 Å². The number of unbranched alkanes of at least 4 members (excludes halogenated alkanes) is 1. The van der Waals surface area contributed by atoms with Crippen molar-refractivity contribution in [2.45, 2.75) is 66.0 Å². The highest BCUT2D eigenvalue weighted by molar-refractivity contribution is 14.0. The fraction of sp³-hybridized carbons (Fsp3) is 0.583. The molecule has 0 amide bonds. The van der Waals surface area contributed by atoms with Crippen molar-refractivity contribution in [3.8, 4) is 5.69 Å². The van der Waals surface area contributed by atoms with Gasteiger partial charge in [0.25, 0.3) is 0 Å². The van der Waals surface area contributed by atoms with E-state index < -0.39 is 0 Å². The van der Waals surface area contributed by atoms with Crippen LogP contribution in [-0.2, 0) is 6.54 Å². The van der Waals surface area contributed by atoms with Crippen LogP contribution >= 0.6 is 24.0 Å². The molecule has 31 heavy (non-hydrogen) atoms. The molecule has 2 aromatic rings. The van der Waals surface area contributed by atoms with E-state index in [1.807, 2.05) is 11.6 Å². The summed E-state index contributed by atoms with van der Waals surface area (Å²) in [5, 5.41) is 11.8. The molecule has 0 aliphatic carbocycles. The first-order valence-electron chi connectivity index (χ1n) is 11.5. The number of nitrogens with one attached hydrogen (secondary N) is 2. The van der Waals surface area contributed by atoms with E-state index in [2.05, 4.69) is 71.7 Å². The summed E-state index contributed by atoms with van der Waals surface area (Å²) in [4.78, 5) is 7.50. The van der Waals surface area contributed by atoms with Crippen LogP contribution in [-0.4, -0.2) is 52.9 Å². The number of hydrogen-bond acceptors (Lipinski definition) is 3. The normalized spacial score (nSPS) is 15.5. The lowest BCUT2D eigenvalue weighted by Crippen LogP contribution is -2.48. The Hall–Kier alpha value is -1.61. The summed E-state index contributed by atoms with van der Waals surface area (Å²) in [6.45, 7) is 13.6. The van der Waals surface area contributed by atoms with Crippen LogP contribution in [0.15, 0.2) is 35.3 Å². The van der Waals surface area contributed by atoms with Crippen molar-refractivity contribution in [1.82, 2.24) is 25.3 Å². The Morgan fingerprint density at radius 1 is 1.16 bits per heavy atom. The number of nitrogens with zero attached hydrogens (tertiary/aromatic N) is 4. The van der Waals surface area contributed by atoms with Crippen LogP contribution in [0.4, 0.5) is 0 Å². The first-order chi connectivity index (χ1) is 14.6. The van der Waals surface area contributed by atoms with Gasteiger partial charge in [0, 0.05) is 31.4 Å². The molecule has 7 heteroatoms. The van der Waals surface area contributed by atoms with Crippen molar-refractivity contribution in [3.63, 3.8) is 0 Å². The lowest BCUT2D eigenvalue weighted by atomic mass is 10.0. The Balaban J connectivity index is 0.00000341. The molecule has 1 fully saturated rings. The second-order valence-corrected chi connectivity index (χ2v) is 8.28. The van der Waals surface area contributed by atoms with Crippen molar-refractivity contribution in [1.29, 1.82) is 0 Å². The Labute approximate surface area is 204 Å². The number of rotatable bonds is 8. The third-order valence-corrected chi connectivity index (χ3v) is 5.74. The largest absolute Gasteiger partial charge is 0.357 e. The predicted octanol–water partition coefficient (Wildman–Crippen LogP) is 4.43. The van der Waals surface area contributed by atoms with Gasteiger partial charge < -0.3 is 15.5 Å². The van der Waals surface area contributed by atoms with Gasteiger partial charge in [0.1, 0.15) is 0 Å². The zero-order valence-electron chi connectivity index (χ0n) is 19.5. The number of aryl methyl sites for hydroxylation is 2. The monoisotopic (exact) mass is 538 g/mol. The Morgan fingerprint density at radius 2 is 1.90 bits per heavy atom. The number of aliphatic imine (C=N–C) groups is 1. The molecule has 1 aliphatic rings. The molecule has 172 valence electrons. The molecule has 3 rings (SSSR count). The molecule has 0 radical (unpaired) electrons. The van der Waals surface area contributed by atoms with E-state index in [0.717, 1.165) is 29.6 Å². The fourth-order valence-electron chi connectivity index (χ4n) is 4.08. The molecule has 2 N–H and O–H groups in total. The number of para-hydroxylation sites is 1. The van der Waals surface area contributed by atoms with Crippen LogP contribution in [0.3, 0.4) is 0 Å². The molecule has 0 saturated carbocycles. The Kier molecular flexibility index (Phi) is 10.8. The molecule has 0 atom stereocenters. The standard InChI is InChI=1S/C24H38N6.HI/c1-5-7-14-29-15-12-22(13-16-29)27-24(25-6-2)26-18-21-10-8-9-11-23(21)30-20(4)17-19(3)28-30;/h8-11,17,22H,5-7,12-16,18H2,1-4H3,(H2,25,26,27);1H. The molecule has 0 unspecified atom stereocenters. The fourth-order valence-corrected chi connectivity index (χ4v) is 4.08. The highest BCUT2D eigenvalue weighted by Crippen LogP contribution is 2.18. The van der Waals surface area contributed by atoms with Gasteiger partial charge >= 0.3 is 0 Å². The van der Waals surface area contributed by atoms with Crippen LogP contribution in [0, 0.1) is 13.8 Å². The molecule has 1 aliphatic heterocycles. The Bertz CT molecular complexity index is 823. The number of benzene rings is 1. The van der Waals surface area contributed by atoms with Crippen molar-refractivity contribution in [2.24, 2.45) is 4.99 Å². The minimum absolute atomic E-state index is 0. The van der Waals surface area contributed by atoms with Gasteiger partial charge in [-0.05, 0) is 64.3 Å². The number of guanidine groups is 1. The third kappa shape index (κ3) is 7.49. The van der Waals surface area contributed by atoms with Gasteiger partial charge in [0.15, 0.2) is 5.96 Å². The summed E-state index contributed by atoms with van der Waals surface area (Å²) < 4.78 is 2.02. The molecule has 1 saturated heterocycles. The molecule has 0 spiro atoms. The lowest BCUT2D eigenvalue weighted by Gasteiger charge is -2.33. The predicted molar refractivity (Wildman–Crippen MR) is 141 cm³/mol. The topological polar surface area (TPSA) is 57.5 Å². The molecular formula is C24H39IN6. The average Bonchev–Trinajstić information content (AvgIpc) is 3.09. The summed E-state index contributed by atoms with van der Waals surface area (Å²) in [6.07, 6.45) is 4.93. The smallest absolute Gasteiger partial charge is 0.191 e. The van der Waals surface area contributed by atoms with Crippen LogP contribution in [0.5, 0.6) is 0 Å². The number of hydrogen-bond donors (Lipinski definition) is 2. The van der Waals surface area contributed by atoms with Gasteiger partial charge in [-0.25, -0.2) is 9.67 Å². The minimum Gasteiger partial charge on any atom is -0.357 e. The molecule has 0 bridgehead atoms. The number of likely N-dealkylation sites (tertiary alicyclic amines) is 1. The number of halogens is 1. The minimum atomic E-state index is 0. The van der Waals surface area contributed by atoms with Crippen molar-refractivity contribution in [3.05, 3.63) is 47.3 Å². The molecule has 2 heterocycles. The highest BCUT2D eigenvalue weighted by atomic mass is 127. The second kappa shape index (κ2) is 13.1. The maximum Gasteiger partial charge on any atom is 0.191 e. The van der Waals surface area contributed by atoms with E-state index in [1.165, 1.54) is 50.9 Å². The van der Waals surface area contributed by atoms with Crippen LogP contribution < -0.4 is 10.6 Å². The van der Waals surface area contributed by atoms with Crippen LogP contribution in [0.1, 0.15) is 56.5 Å². The first kappa shape index (κ1) is 25.6. The average molecular weight is 539 g/mol. The van der Waals surface area contributed by atoms with Gasteiger partial charge in [-0.15, -0.1) is 24.0 Å². The quantitative estimate of drug-likeness (QED) is 0.297. The summed E-state index contributed by atoms with van der Waals surface area (Å²) in [7, 11) is 0. The summed E-state index contributed by atoms with van der Waals surface area (Å²) in [6, 6.07) is 11.0. The van der Waals surface area contributed by atoms with Gasteiger partial charge in [-0.2, -0.15) is 5.10 Å². The number of piperidine rings is 1. The molecule has 6 nitrogen and oxygen atoms in total. The van der Waals surface area contributed by atoms with Crippen molar-refractivity contribution in [2.75, 3.05) is 26.2 Å². The zero-order valence-corrected chi connectivity index (χ0v) is 21.9. The van der Waals surface area contributed by atoms with Crippen LogP contribution in [0.2, 0.25) is 0 Å². The Morgan fingerprint density at radius 3 is 2.55 bits per heavy atom. The zero-order chi connectivity index (χ0) is 21.3. The van der Waals surface area contributed by atoms with Gasteiger partial charge in [-0.3, -0.25) is 0 Å². The summed E-state index contributed by atoms with van der Waals surface area (Å²) in [5.41, 5.74) is 4.46. The maximum absolute atomic E-state index is 4.91. The number of aromatic nitrogens is 2. The van der Waals surface area contributed by atoms with Crippen molar-refractivity contribution >= 4 is 29.9 Å². The van der Waals surface area contributed by atoms with E-state index in [-0.39, 0.29) is 24.0 Å². The lowest BCUT2D eigenvalue weighted by molar-refractivity contribution is 0.203. The van der Waals surface area contributed by atoms with E-state index in [0.29, 0.717) is 12.6 Å².